The summed E-state index contributed by atoms with van der Waals surface area (Å²) < 4.78 is 28.2. The van der Waals surface area contributed by atoms with Gasteiger partial charge >= 0.3 is 0 Å². The third-order valence-electron chi connectivity index (χ3n) is 4.57. The molecule has 3 aromatic rings. The number of fused-ring (bicyclic) bond motifs is 1. The largest absolute Gasteiger partial charge is 0.395 e. The highest BCUT2D eigenvalue weighted by Gasteiger charge is 2.16. The Morgan fingerprint density at radius 3 is 2.31 bits per heavy atom. The fraction of sp³-hybridized carbons (Fsp3) is 0.286. The topological polar surface area (TPSA) is 103 Å². The van der Waals surface area contributed by atoms with Crippen LogP contribution in [0.3, 0.4) is 0 Å². The molecule has 3 rings (SSSR count). The van der Waals surface area contributed by atoms with E-state index in [9.17, 15) is 18.6 Å². The first-order chi connectivity index (χ1) is 13.9. The summed E-state index contributed by atoms with van der Waals surface area (Å²) in [5.74, 6) is 0. The minimum Gasteiger partial charge on any atom is -0.395 e. The maximum Gasteiger partial charge on any atom is 0.261 e. The molecule has 0 fully saturated rings. The Kier molecular flexibility index (Phi) is 6.81. The maximum atomic E-state index is 12.8. The highest BCUT2D eigenvalue weighted by molar-refractivity contribution is 7.92. The molecular weight excluding hydrogens is 390 g/mol. The van der Waals surface area contributed by atoms with Gasteiger partial charge in [0.15, 0.2) is 0 Å². The van der Waals surface area contributed by atoms with Crippen molar-refractivity contribution < 1.29 is 18.6 Å². The molecule has 1 heterocycles. The van der Waals surface area contributed by atoms with E-state index in [1.807, 2.05) is 30.0 Å². The molecule has 0 saturated heterocycles. The zero-order valence-electron chi connectivity index (χ0n) is 16.2. The smallest absolute Gasteiger partial charge is 0.261 e. The number of aliphatic hydroxyl groups is 2. The molecule has 0 aliphatic heterocycles. The molecule has 0 aliphatic rings. The van der Waals surface area contributed by atoms with E-state index >= 15 is 0 Å². The van der Waals surface area contributed by atoms with Crippen LogP contribution in [0, 0.1) is 6.92 Å². The number of hydrogen-bond acceptors (Lipinski definition) is 6. The van der Waals surface area contributed by atoms with Crippen molar-refractivity contribution in [3.05, 3.63) is 65.9 Å². The van der Waals surface area contributed by atoms with Crippen LogP contribution in [0.2, 0.25) is 0 Å². The van der Waals surface area contributed by atoms with Crippen molar-refractivity contribution in [2.75, 3.05) is 31.0 Å². The Balaban J connectivity index is 1.92. The average Bonchev–Trinajstić information content (AvgIpc) is 2.69. The van der Waals surface area contributed by atoms with Crippen molar-refractivity contribution in [1.82, 2.24) is 9.88 Å². The number of nitrogens with one attached hydrogen (secondary N) is 1. The molecule has 7 nitrogen and oxygen atoms in total. The van der Waals surface area contributed by atoms with Gasteiger partial charge in [0.05, 0.1) is 35.0 Å². The number of para-hydroxylation sites is 1. The Labute approximate surface area is 170 Å². The van der Waals surface area contributed by atoms with Gasteiger partial charge in [-0.2, -0.15) is 0 Å². The SMILES string of the molecule is Cc1ccc(S(=O)(=O)Nc2cccc3ccc(CN(CCO)CCO)nc23)cc1. The third-order valence-corrected chi connectivity index (χ3v) is 5.95. The molecule has 0 unspecified atom stereocenters. The zero-order chi connectivity index (χ0) is 20.9. The molecule has 8 heteroatoms. The van der Waals surface area contributed by atoms with Crippen LogP contribution in [-0.2, 0) is 16.6 Å². The van der Waals surface area contributed by atoms with Crippen LogP contribution >= 0.6 is 0 Å². The van der Waals surface area contributed by atoms with E-state index in [2.05, 4.69) is 9.71 Å². The van der Waals surface area contributed by atoms with Crippen LogP contribution in [0.4, 0.5) is 5.69 Å². The lowest BCUT2D eigenvalue weighted by atomic mass is 10.1. The number of pyridine rings is 1. The van der Waals surface area contributed by atoms with Crippen molar-refractivity contribution >= 4 is 26.6 Å². The van der Waals surface area contributed by atoms with Gasteiger partial charge < -0.3 is 10.2 Å². The molecule has 29 heavy (non-hydrogen) atoms. The predicted molar refractivity (Wildman–Crippen MR) is 113 cm³/mol. The van der Waals surface area contributed by atoms with Gasteiger partial charge in [0.25, 0.3) is 10.0 Å². The van der Waals surface area contributed by atoms with Crippen molar-refractivity contribution in [3.63, 3.8) is 0 Å². The maximum absolute atomic E-state index is 12.8. The molecule has 0 spiro atoms. The van der Waals surface area contributed by atoms with Crippen LogP contribution in [0.15, 0.2) is 59.5 Å². The molecule has 2 aromatic carbocycles. The van der Waals surface area contributed by atoms with Gasteiger partial charge in [0, 0.05) is 25.0 Å². The van der Waals surface area contributed by atoms with E-state index in [0.29, 0.717) is 30.8 Å². The number of aliphatic hydroxyl groups excluding tert-OH is 2. The summed E-state index contributed by atoms with van der Waals surface area (Å²) in [6, 6.07) is 15.7. The molecule has 0 amide bonds. The summed E-state index contributed by atoms with van der Waals surface area (Å²) in [6.07, 6.45) is 0. The number of nitrogens with zero attached hydrogens (tertiary/aromatic N) is 2. The second-order valence-corrected chi connectivity index (χ2v) is 8.50. The number of aromatic nitrogens is 1. The summed E-state index contributed by atoms with van der Waals surface area (Å²) in [5.41, 5.74) is 2.66. The first kappa shape index (κ1) is 21.2. The summed E-state index contributed by atoms with van der Waals surface area (Å²) in [7, 11) is -3.74. The van der Waals surface area contributed by atoms with Crippen LogP contribution < -0.4 is 4.72 Å². The van der Waals surface area contributed by atoms with Crippen molar-refractivity contribution in [3.8, 4) is 0 Å². The lowest BCUT2D eigenvalue weighted by Crippen LogP contribution is -2.29. The molecular formula is C21H25N3O4S. The van der Waals surface area contributed by atoms with E-state index in [1.54, 1.807) is 36.4 Å². The number of anilines is 1. The predicted octanol–water partition coefficient (Wildman–Crippen LogP) is 2.13. The molecule has 1 aromatic heterocycles. The zero-order valence-corrected chi connectivity index (χ0v) is 17.1. The van der Waals surface area contributed by atoms with Crippen molar-refractivity contribution in [2.45, 2.75) is 18.4 Å². The lowest BCUT2D eigenvalue weighted by molar-refractivity contribution is 0.155. The fourth-order valence-electron chi connectivity index (χ4n) is 3.06. The normalized spacial score (nSPS) is 11.9. The van der Waals surface area contributed by atoms with Crippen molar-refractivity contribution in [2.24, 2.45) is 0 Å². The van der Waals surface area contributed by atoms with Gasteiger partial charge in [-0.15, -0.1) is 0 Å². The van der Waals surface area contributed by atoms with E-state index in [1.165, 1.54) is 0 Å². The summed E-state index contributed by atoms with van der Waals surface area (Å²) >= 11 is 0. The lowest BCUT2D eigenvalue weighted by Gasteiger charge is -2.20. The van der Waals surface area contributed by atoms with Crippen molar-refractivity contribution in [1.29, 1.82) is 0 Å². The molecule has 154 valence electrons. The van der Waals surface area contributed by atoms with Crippen LogP contribution in [0.1, 0.15) is 11.3 Å². The summed E-state index contributed by atoms with van der Waals surface area (Å²) in [5, 5.41) is 19.2. The molecule has 0 saturated carbocycles. The van der Waals surface area contributed by atoms with E-state index in [0.717, 1.165) is 16.6 Å². The van der Waals surface area contributed by atoms with E-state index < -0.39 is 10.0 Å². The third kappa shape index (κ3) is 5.30. The molecule has 0 atom stereocenters. The quantitative estimate of drug-likeness (QED) is 0.495. The summed E-state index contributed by atoms with van der Waals surface area (Å²) in [6.45, 7) is 3.14. The highest BCUT2D eigenvalue weighted by atomic mass is 32.2. The first-order valence-electron chi connectivity index (χ1n) is 9.35. The van der Waals surface area contributed by atoms with E-state index in [-0.39, 0.29) is 18.1 Å². The van der Waals surface area contributed by atoms with Gasteiger partial charge in [0.1, 0.15) is 0 Å². The van der Waals surface area contributed by atoms with Crippen LogP contribution in [0.5, 0.6) is 0 Å². The Hall–Kier alpha value is -2.52. The van der Waals surface area contributed by atoms with Gasteiger partial charge in [-0.3, -0.25) is 9.62 Å². The fourth-order valence-corrected chi connectivity index (χ4v) is 4.13. The van der Waals surface area contributed by atoms with Gasteiger partial charge in [-0.25, -0.2) is 13.4 Å². The van der Waals surface area contributed by atoms with Crippen LogP contribution in [0.25, 0.3) is 10.9 Å². The standard InChI is InChI=1S/C21H25N3O4S/c1-16-5-9-19(10-6-16)29(27,28)23-20-4-2-3-17-7-8-18(22-21(17)20)15-24(11-13-25)12-14-26/h2-10,23,25-26H,11-15H2,1H3. The second kappa shape index (κ2) is 9.32. The molecule has 0 radical (unpaired) electrons. The highest BCUT2D eigenvalue weighted by Crippen LogP contribution is 2.25. The minimum absolute atomic E-state index is 0.0187. The Bertz CT molecular complexity index is 1060. The van der Waals surface area contributed by atoms with Gasteiger partial charge in [0.2, 0.25) is 0 Å². The monoisotopic (exact) mass is 415 g/mol. The van der Waals surface area contributed by atoms with E-state index in [4.69, 9.17) is 0 Å². The Morgan fingerprint density at radius 2 is 1.66 bits per heavy atom. The number of sulfonamides is 1. The number of benzene rings is 2. The minimum atomic E-state index is -3.74. The number of aryl methyl sites for hydroxylation is 1. The Morgan fingerprint density at radius 1 is 0.966 bits per heavy atom. The molecule has 0 bridgehead atoms. The summed E-state index contributed by atoms with van der Waals surface area (Å²) in [4.78, 5) is 6.71. The first-order valence-corrected chi connectivity index (χ1v) is 10.8. The number of rotatable bonds is 9. The molecule has 0 aliphatic carbocycles. The average molecular weight is 416 g/mol. The second-order valence-electron chi connectivity index (χ2n) is 6.82. The van der Waals surface area contributed by atoms with Crippen LogP contribution in [-0.4, -0.2) is 54.8 Å². The van der Waals surface area contributed by atoms with Gasteiger partial charge in [-0.05, 0) is 31.2 Å². The molecule has 3 N–H and O–H groups in total. The van der Waals surface area contributed by atoms with Gasteiger partial charge in [-0.1, -0.05) is 35.9 Å². The number of hydrogen-bond donors (Lipinski definition) is 3.